The van der Waals surface area contributed by atoms with Crippen molar-refractivity contribution in [2.75, 3.05) is 32.8 Å². The molecule has 8 nitrogen and oxygen atoms in total. The van der Waals surface area contributed by atoms with Crippen LogP contribution in [0.4, 0.5) is 0 Å². The van der Waals surface area contributed by atoms with Crippen LogP contribution in [0.15, 0.2) is 23.1 Å². The summed E-state index contributed by atoms with van der Waals surface area (Å²) in [4.78, 5) is 26.1. The first-order valence-corrected chi connectivity index (χ1v) is 12.1. The number of benzene rings is 1. The van der Waals surface area contributed by atoms with Gasteiger partial charge in [-0.25, -0.2) is 8.42 Å². The quantitative estimate of drug-likeness (QED) is 0.701. The smallest absolute Gasteiger partial charge is 0.246 e. The molecule has 1 atom stereocenters. The molecule has 2 aliphatic rings. The molecule has 2 fully saturated rings. The summed E-state index contributed by atoms with van der Waals surface area (Å²) in [5.74, 6) is -0.744. The summed E-state index contributed by atoms with van der Waals surface area (Å²) in [5, 5.41) is 0.305. The van der Waals surface area contributed by atoms with Gasteiger partial charge < -0.3 is 15.4 Å². The van der Waals surface area contributed by atoms with E-state index < -0.39 is 15.9 Å². The van der Waals surface area contributed by atoms with Crippen LogP contribution in [-0.2, 0) is 19.6 Å². The van der Waals surface area contributed by atoms with E-state index in [1.807, 2.05) is 0 Å². The standard InChI is InChI=1S/C20H28ClN3O5S/c1-2-29-17-6-5-16(21)12-18(17)30(27,28)24-9-3-4-15(13-24)20(26)23-10-7-14(8-11-23)19(22)25/h5-6,12,14-15H,2-4,7-11,13H2,1H3,(H2,22,25)/t15-/m1/s1. The van der Waals surface area contributed by atoms with E-state index in [2.05, 4.69) is 0 Å². The zero-order chi connectivity index (χ0) is 21.9. The van der Waals surface area contributed by atoms with E-state index in [1.54, 1.807) is 24.0 Å². The van der Waals surface area contributed by atoms with Gasteiger partial charge in [0.05, 0.1) is 12.5 Å². The number of primary amides is 1. The van der Waals surface area contributed by atoms with Crippen LogP contribution in [0.3, 0.4) is 0 Å². The van der Waals surface area contributed by atoms with E-state index in [9.17, 15) is 18.0 Å². The van der Waals surface area contributed by atoms with Gasteiger partial charge in [-0.1, -0.05) is 11.6 Å². The second kappa shape index (κ2) is 9.53. The number of rotatable bonds is 6. The molecular formula is C20H28ClN3O5S. The Kier molecular flexibility index (Phi) is 7.26. The highest BCUT2D eigenvalue weighted by atomic mass is 35.5. The molecule has 0 bridgehead atoms. The van der Waals surface area contributed by atoms with Gasteiger partial charge in [-0.2, -0.15) is 4.31 Å². The molecule has 0 aromatic heterocycles. The molecule has 2 aliphatic heterocycles. The minimum Gasteiger partial charge on any atom is -0.492 e. The first-order valence-electron chi connectivity index (χ1n) is 10.2. The van der Waals surface area contributed by atoms with Gasteiger partial charge in [0.15, 0.2) is 0 Å². The number of nitrogens with zero attached hydrogens (tertiary/aromatic N) is 2. The number of halogens is 1. The lowest BCUT2D eigenvalue weighted by molar-refractivity contribution is -0.139. The van der Waals surface area contributed by atoms with Crippen molar-refractivity contribution in [3.05, 3.63) is 23.2 Å². The third-order valence-electron chi connectivity index (χ3n) is 5.77. The third-order valence-corrected chi connectivity index (χ3v) is 7.89. The Morgan fingerprint density at radius 2 is 1.87 bits per heavy atom. The topological polar surface area (TPSA) is 110 Å². The number of hydrogen-bond acceptors (Lipinski definition) is 5. The van der Waals surface area contributed by atoms with Crippen LogP contribution in [-0.4, -0.2) is 62.2 Å². The lowest BCUT2D eigenvalue weighted by Gasteiger charge is -2.37. The summed E-state index contributed by atoms with van der Waals surface area (Å²) >= 11 is 6.04. The van der Waals surface area contributed by atoms with Crippen LogP contribution in [0.25, 0.3) is 0 Å². The molecule has 0 radical (unpaired) electrons. The highest BCUT2D eigenvalue weighted by Gasteiger charge is 2.37. The molecule has 0 saturated carbocycles. The number of likely N-dealkylation sites (tertiary alicyclic amines) is 1. The predicted molar refractivity (Wildman–Crippen MR) is 113 cm³/mol. The van der Waals surface area contributed by atoms with Crippen LogP contribution >= 0.6 is 11.6 Å². The number of nitrogens with two attached hydrogens (primary N) is 1. The molecule has 1 aromatic carbocycles. The van der Waals surface area contributed by atoms with Crippen LogP contribution < -0.4 is 10.5 Å². The van der Waals surface area contributed by atoms with Crippen molar-refractivity contribution in [2.45, 2.75) is 37.5 Å². The molecule has 30 heavy (non-hydrogen) atoms. The molecule has 2 N–H and O–H groups in total. The number of sulfonamides is 1. The molecule has 2 amide bonds. The van der Waals surface area contributed by atoms with E-state index in [0.29, 0.717) is 56.9 Å². The van der Waals surface area contributed by atoms with Gasteiger partial charge in [0.25, 0.3) is 0 Å². The molecule has 0 unspecified atom stereocenters. The van der Waals surface area contributed by atoms with Crippen molar-refractivity contribution >= 4 is 33.4 Å². The fourth-order valence-electron chi connectivity index (χ4n) is 4.10. The average Bonchev–Trinajstić information content (AvgIpc) is 2.74. The lowest BCUT2D eigenvalue weighted by Crippen LogP contribution is -2.49. The maximum absolute atomic E-state index is 13.3. The molecule has 166 valence electrons. The highest BCUT2D eigenvalue weighted by molar-refractivity contribution is 7.89. The van der Waals surface area contributed by atoms with Gasteiger partial charge in [0, 0.05) is 37.1 Å². The maximum Gasteiger partial charge on any atom is 0.246 e. The zero-order valence-corrected chi connectivity index (χ0v) is 18.6. The fraction of sp³-hybridized carbons (Fsp3) is 0.600. The molecule has 0 aliphatic carbocycles. The second-order valence-electron chi connectivity index (χ2n) is 7.73. The number of piperidine rings is 2. The molecular weight excluding hydrogens is 430 g/mol. The molecule has 10 heteroatoms. The van der Waals surface area contributed by atoms with E-state index >= 15 is 0 Å². The fourth-order valence-corrected chi connectivity index (χ4v) is 6.02. The Morgan fingerprint density at radius 3 is 2.50 bits per heavy atom. The summed E-state index contributed by atoms with van der Waals surface area (Å²) in [5.41, 5.74) is 5.36. The highest BCUT2D eigenvalue weighted by Crippen LogP contribution is 2.33. The van der Waals surface area contributed by atoms with Gasteiger partial charge in [0.1, 0.15) is 10.6 Å². The second-order valence-corrected chi connectivity index (χ2v) is 10.1. The van der Waals surface area contributed by atoms with E-state index in [1.165, 1.54) is 10.4 Å². The molecule has 2 saturated heterocycles. The SMILES string of the molecule is CCOc1ccc(Cl)cc1S(=O)(=O)N1CCC[C@@H](C(=O)N2CCC(C(N)=O)CC2)C1. The van der Waals surface area contributed by atoms with Crippen molar-refractivity contribution in [1.82, 2.24) is 9.21 Å². The Balaban J connectivity index is 1.74. The Morgan fingerprint density at radius 1 is 1.17 bits per heavy atom. The van der Waals surface area contributed by atoms with Gasteiger partial charge >= 0.3 is 0 Å². The Labute approximate surface area is 182 Å². The average molecular weight is 458 g/mol. The normalized spacial score (nSPS) is 21.4. The van der Waals surface area contributed by atoms with Crippen LogP contribution in [0.5, 0.6) is 5.75 Å². The Hall–Kier alpha value is -1.84. The van der Waals surface area contributed by atoms with Crippen LogP contribution in [0.2, 0.25) is 5.02 Å². The van der Waals surface area contributed by atoms with E-state index in [-0.39, 0.29) is 34.9 Å². The summed E-state index contributed by atoms with van der Waals surface area (Å²) < 4.78 is 33.5. The van der Waals surface area contributed by atoms with Crippen molar-refractivity contribution in [3.8, 4) is 5.75 Å². The first-order chi connectivity index (χ1) is 14.2. The largest absolute Gasteiger partial charge is 0.492 e. The number of carbonyl (C=O) groups is 2. The van der Waals surface area contributed by atoms with Crippen molar-refractivity contribution in [1.29, 1.82) is 0 Å². The molecule has 3 rings (SSSR count). The third kappa shape index (κ3) is 4.90. The maximum atomic E-state index is 13.3. The lowest BCUT2D eigenvalue weighted by atomic mass is 9.93. The zero-order valence-electron chi connectivity index (χ0n) is 17.0. The van der Waals surface area contributed by atoms with Gasteiger partial charge in [-0.15, -0.1) is 0 Å². The number of carbonyl (C=O) groups excluding carboxylic acids is 2. The molecule has 1 aromatic rings. The summed E-state index contributed by atoms with van der Waals surface area (Å²) in [6.07, 6.45) is 2.33. The van der Waals surface area contributed by atoms with Crippen molar-refractivity contribution < 1.29 is 22.7 Å². The monoisotopic (exact) mass is 457 g/mol. The van der Waals surface area contributed by atoms with E-state index in [0.717, 1.165) is 0 Å². The predicted octanol–water partition coefficient (Wildman–Crippen LogP) is 1.86. The Bertz CT molecular complexity index is 900. The molecule has 2 heterocycles. The molecule has 0 spiro atoms. The number of amides is 2. The van der Waals surface area contributed by atoms with Crippen LogP contribution in [0.1, 0.15) is 32.6 Å². The summed E-state index contributed by atoms with van der Waals surface area (Å²) in [7, 11) is -3.86. The van der Waals surface area contributed by atoms with Crippen LogP contribution in [0, 0.1) is 11.8 Å². The number of ether oxygens (including phenoxy) is 1. The summed E-state index contributed by atoms with van der Waals surface area (Å²) in [6, 6.07) is 4.53. The first kappa shape index (κ1) is 22.8. The van der Waals surface area contributed by atoms with E-state index in [4.69, 9.17) is 22.1 Å². The number of hydrogen-bond donors (Lipinski definition) is 1. The van der Waals surface area contributed by atoms with Gasteiger partial charge in [0.2, 0.25) is 21.8 Å². The van der Waals surface area contributed by atoms with Gasteiger partial charge in [-0.3, -0.25) is 9.59 Å². The van der Waals surface area contributed by atoms with Crippen molar-refractivity contribution in [2.24, 2.45) is 17.6 Å². The summed E-state index contributed by atoms with van der Waals surface area (Å²) in [6.45, 7) is 3.51. The van der Waals surface area contributed by atoms with Crippen molar-refractivity contribution in [3.63, 3.8) is 0 Å². The minimum absolute atomic E-state index is 0.0206. The van der Waals surface area contributed by atoms with Gasteiger partial charge in [-0.05, 0) is 50.8 Å². The minimum atomic E-state index is -3.86.